The zero-order valence-electron chi connectivity index (χ0n) is 8.99. The maximum atomic E-state index is 11.7. The van der Waals surface area contributed by atoms with Crippen molar-refractivity contribution < 1.29 is 4.79 Å². The minimum absolute atomic E-state index is 0.270. The summed E-state index contributed by atoms with van der Waals surface area (Å²) < 4.78 is 0. The molecule has 0 aromatic rings. The number of amides is 1. The Morgan fingerprint density at radius 1 is 1.50 bits per heavy atom. The molecule has 0 aromatic heterocycles. The van der Waals surface area contributed by atoms with Crippen molar-refractivity contribution in [3.63, 3.8) is 0 Å². The first-order chi connectivity index (χ1) is 6.66. The molecule has 4 heteroatoms. The Bertz CT molecular complexity index is 217. The Morgan fingerprint density at radius 2 is 2.29 bits per heavy atom. The summed E-state index contributed by atoms with van der Waals surface area (Å²) in [5.74, 6) is 0.979. The van der Waals surface area contributed by atoms with Crippen LogP contribution in [0.4, 0.5) is 0 Å². The summed E-state index contributed by atoms with van der Waals surface area (Å²) >= 11 is 0. The predicted octanol–water partition coefficient (Wildman–Crippen LogP) is -0.632. The number of carbonyl (C=O) groups excluding carboxylic acids is 1. The lowest BCUT2D eigenvalue weighted by atomic mass is 10.1. The van der Waals surface area contributed by atoms with Crippen molar-refractivity contribution in [3.8, 4) is 0 Å². The molecular weight excluding hydrogens is 178 g/mol. The van der Waals surface area contributed by atoms with E-state index in [0.717, 1.165) is 19.6 Å². The molecule has 80 valence electrons. The number of likely N-dealkylation sites (tertiary alicyclic amines) is 1. The molecule has 0 aromatic carbocycles. The van der Waals surface area contributed by atoms with Gasteiger partial charge in [-0.05, 0) is 33.0 Å². The molecule has 2 fully saturated rings. The number of hydrogen-bond donors (Lipinski definition) is 1. The Labute approximate surface area is 85.2 Å². The highest BCUT2D eigenvalue weighted by Gasteiger charge is 2.37. The van der Waals surface area contributed by atoms with Gasteiger partial charge in [-0.2, -0.15) is 0 Å². The summed E-state index contributed by atoms with van der Waals surface area (Å²) in [6, 6.07) is 0.570. The molecule has 0 spiro atoms. The van der Waals surface area contributed by atoms with Gasteiger partial charge in [0.25, 0.3) is 0 Å². The predicted molar refractivity (Wildman–Crippen MR) is 55.0 cm³/mol. The normalized spacial score (nSPS) is 31.2. The summed E-state index contributed by atoms with van der Waals surface area (Å²) in [4.78, 5) is 15.7. The number of nitrogens with one attached hydrogen (secondary N) is 1. The van der Waals surface area contributed by atoms with Crippen molar-refractivity contribution in [2.45, 2.75) is 12.5 Å². The topological polar surface area (TPSA) is 35.6 Å². The van der Waals surface area contributed by atoms with E-state index in [1.165, 1.54) is 6.42 Å². The lowest BCUT2D eigenvalue weighted by Crippen LogP contribution is -2.38. The van der Waals surface area contributed by atoms with E-state index in [9.17, 15) is 4.79 Å². The van der Waals surface area contributed by atoms with E-state index in [-0.39, 0.29) is 5.91 Å². The zero-order valence-corrected chi connectivity index (χ0v) is 8.99. The lowest BCUT2D eigenvalue weighted by Gasteiger charge is -2.19. The third-order valence-corrected chi connectivity index (χ3v) is 3.17. The average molecular weight is 197 g/mol. The summed E-state index contributed by atoms with van der Waals surface area (Å²) in [5.41, 5.74) is 0. The van der Waals surface area contributed by atoms with E-state index in [2.05, 4.69) is 5.32 Å². The van der Waals surface area contributed by atoms with Crippen molar-refractivity contribution in [1.82, 2.24) is 15.1 Å². The molecule has 0 saturated carbocycles. The standard InChI is InChI=1S/C10H19N3O/c1-12(2)7-10(14)13-5-8-3-4-11-9(8)6-13/h8-9,11H,3-7H2,1-2H3/t8-,9+/m1/s1. The van der Waals surface area contributed by atoms with Crippen molar-refractivity contribution in [3.05, 3.63) is 0 Å². The molecule has 0 bridgehead atoms. The average Bonchev–Trinajstić information content (AvgIpc) is 2.58. The molecular formula is C10H19N3O. The monoisotopic (exact) mass is 197 g/mol. The number of nitrogens with zero attached hydrogens (tertiary/aromatic N) is 2. The SMILES string of the molecule is CN(C)CC(=O)N1C[C@H]2CCN[C@H]2C1. The smallest absolute Gasteiger partial charge is 0.236 e. The molecule has 2 saturated heterocycles. The van der Waals surface area contributed by atoms with Crippen LogP contribution in [-0.2, 0) is 4.79 Å². The van der Waals surface area contributed by atoms with Gasteiger partial charge in [-0.25, -0.2) is 0 Å². The van der Waals surface area contributed by atoms with Crippen LogP contribution in [0, 0.1) is 5.92 Å². The van der Waals surface area contributed by atoms with Crippen LogP contribution in [0.15, 0.2) is 0 Å². The van der Waals surface area contributed by atoms with E-state index in [4.69, 9.17) is 0 Å². The Balaban J connectivity index is 1.86. The molecule has 2 aliphatic heterocycles. The minimum Gasteiger partial charge on any atom is -0.340 e. The number of fused-ring (bicyclic) bond motifs is 1. The highest BCUT2D eigenvalue weighted by molar-refractivity contribution is 5.78. The molecule has 2 aliphatic rings. The van der Waals surface area contributed by atoms with Crippen LogP contribution in [0.3, 0.4) is 0 Å². The zero-order chi connectivity index (χ0) is 10.1. The first-order valence-corrected chi connectivity index (χ1v) is 5.32. The molecule has 14 heavy (non-hydrogen) atoms. The molecule has 1 amide bonds. The van der Waals surface area contributed by atoms with Crippen LogP contribution < -0.4 is 5.32 Å². The minimum atomic E-state index is 0.270. The molecule has 4 nitrogen and oxygen atoms in total. The number of carbonyl (C=O) groups is 1. The van der Waals surface area contributed by atoms with E-state index in [1.54, 1.807) is 0 Å². The molecule has 2 atom stereocenters. The third kappa shape index (κ3) is 1.91. The first kappa shape index (κ1) is 9.93. The fourth-order valence-corrected chi connectivity index (χ4v) is 2.42. The fourth-order valence-electron chi connectivity index (χ4n) is 2.42. The summed E-state index contributed by atoms with van der Waals surface area (Å²) in [6.45, 7) is 3.55. The van der Waals surface area contributed by atoms with Crippen molar-refractivity contribution in [1.29, 1.82) is 0 Å². The molecule has 2 heterocycles. The molecule has 0 unspecified atom stereocenters. The highest BCUT2D eigenvalue weighted by atomic mass is 16.2. The Hall–Kier alpha value is -0.610. The van der Waals surface area contributed by atoms with Crippen LogP contribution in [-0.4, -0.2) is 62.0 Å². The summed E-state index contributed by atoms with van der Waals surface area (Å²) in [5, 5.41) is 3.45. The summed E-state index contributed by atoms with van der Waals surface area (Å²) in [6.07, 6.45) is 1.23. The summed E-state index contributed by atoms with van der Waals surface area (Å²) in [7, 11) is 3.88. The van der Waals surface area contributed by atoms with Crippen LogP contribution in [0.2, 0.25) is 0 Å². The van der Waals surface area contributed by atoms with Gasteiger partial charge < -0.3 is 15.1 Å². The number of likely N-dealkylation sites (N-methyl/N-ethyl adjacent to an activating group) is 1. The number of hydrogen-bond acceptors (Lipinski definition) is 3. The van der Waals surface area contributed by atoms with Gasteiger partial charge >= 0.3 is 0 Å². The lowest BCUT2D eigenvalue weighted by molar-refractivity contribution is -0.131. The molecule has 2 rings (SSSR count). The van der Waals surface area contributed by atoms with Gasteiger partial charge in [0.2, 0.25) is 5.91 Å². The maximum Gasteiger partial charge on any atom is 0.236 e. The highest BCUT2D eigenvalue weighted by Crippen LogP contribution is 2.24. The van der Waals surface area contributed by atoms with Crippen LogP contribution >= 0.6 is 0 Å². The van der Waals surface area contributed by atoms with Gasteiger partial charge in [0.1, 0.15) is 0 Å². The van der Waals surface area contributed by atoms with Crippen LogP contribution in [0.1, 0.15) is 6.42 Å². The van der Waals surface area contributed by atoms with Crippen LogP contribution in [0.25, 0.3) is 0 Å². The molecule has 0 aliphatic carbocycles. The van der Waals surface area contributed by atoms with Crippen LogP contribution in [0.5, 0.6) is 0 Å². The molecule has 0 radical (unpaired) electrons. The second-order valence-corrected chi connectivity index (χ2v) is 4.65. The van der Waals surface area contributed by atoms with Gasteiger partial charge in [-0.15, -0.1) is 0 Å². The van der Waals surface area contributed by atoms with Crippen molar-refractivity contribution >= 4 is 5.91 Å². The third-order valence-electron chi connectivity index (χ3n) is 3.17. The van der Waals surface area contributed by atoms with E-state index in [0.29, 0.717) is 18.5 Å². The van der Waals surface area contributed by atoms with Crippen molar-refractivity contribution in [2.75, 3.05) is 40.3 Å². The number of rotatable bonds is 2. The molecule has 1 N–H and O–H groups in total. The second kappa shape index (κ2) is 3.87. The largest absolute Gasteiger partial charge is 0.340 e. The fraction of sp³-hybridized carbons (Fsp3) is 0.900. The van der Waals surface area contributed by atoms with Gasteiger partial charge in [0.15, 0.2) is 0 Å². The van der Waals surface area contributed by atoms with Gasteiger partial charge in [0.05, 0.1) is 6.54 Å². The second-order valence-electron chi connectivity index (χ2n) is 4.65. The van der Waals surface area contributed by atoms with E-state index >= 15 is 0 Å². The van der Waals surface area contributed by atoms with Gasteiger partial charge in [-0.3, -0.25) is 4.79 Å². The van der Waals surface area contributed by atoms with Gasteiger partial charge in [0, 0.05) is 19.1 Å². The van der Waals surface area contributed by atoms with E-state index in [1.807, 2.05) is 23.9 Å². The quantitative estimate of drug-likeness (QED) is 0.640. The van der Waals surface area contributed by atoms with Crippen molar-refractivity contribution in [2.24, 2.45) is 5.92 Å². The maximum absolute atomic E-state index is 11.7. The first-order valence-electron chi connectivity index (χ1n) is 5.32. The van der Waals surface area contributed by atoms with Gasteiger partial charge in [-0.1, -0.05) is 0 Å². The Kier molecular flexibility index (Phi) is 2.74. The van der Waals surface area contributed by atoms with E-state index < -0.39 is 0 Å². The Morgan fingerprint density at radius 3 is 2.93 bits per heavy atom.